The van der Waals surface area contributed by atoms with Crippen molar-refractivity contribution in [1.29, 1.82) is 0 Å². The molecule has 0 heterocycles. The summed E-state index contributed by atoms with van der Waals surface area (Å²) in [4.78, 5) is 1.63. The van der Waals surface area contributed by atoms with E-state index in [0.717, 1.165) is 12.1 Å². The Hall–Kier alpha value is -0.770. The van der Waals surface area contributed by atoms with Gasteiger partial charge in [0.2, 0.25) is 0 Å². The molecule has 0 fully saturated rings. The van der Waals surface area contributed by atoms with Crippen molar-refractivity contribution in [2.24, 2.45) is 0 Å². The summed E-state index contributed by atoms with van der Waals surface area (Å²) in [5.74, 6) is -0.236. The van der Waals surface area contributed by atoms with E-state index >= 15 is 0 Å². The predicted octanol–water partition coefficient (Wildman–Crippen LogP) is 2.33. The fourth-order valence-corrected chi connectivity index (χ4v) is 1.35. The third kappa shape index (κ3) is 2.59. The SMILES string of the molecule is CN(CCS)c1cc(F)ccc1F. The molecule has 0 aliphatic heterocycles. The zero-order chi connectivity index (χ0) is 9.84. The van der Waals surface area contributed by atoms with Crippen molar-refractivity contribution < 1.29 is 8.78 Å². The number of benzene rings is 1. The van der Waals surface area contributed by atoms with Crippen LogP contribution in [0.5, 0.6) is 0 Å². The molecule has 0 aliphatic rings. The van der Waals surface area contributed by atoms with Gasteiger partial charge in [-0.3, -0.25) is 0 Å². The monoisotopic (exact) mass is 203 g/mol. The zero-order valence-corrected chi connectivity index (χ0v) is 8.19. The molecular formula is C9H11F2NS. The second kappa shape index (κ2) is 4.46. The molecule has 0 bridgehead atoms. The highest BCUT2D eigenvalue weighted by Crippen LogP contribution is 2.18. The normalized spacial score (nSPS) is 10.2. The smallest absolute Gasteiger partial charge is 0.146 e. The Morgan fingerprint density at radius 2 is 2.08 bits per heavy atom. The standard InChI is InChI=1S/C9H11F2NS/c1-12(4-5-13)9-6-7(10)2-3-8(9)11/h2-3,6,13H,4-5H2,1H3. The Morgan fingerprint density at radius 1 is 1.38 bits per heavy atom. The third-order valence-corrected chi connectivity index (χ3v) is 1.95. The lowest BCUT2D eigenvalue weighted by Gasteiger charge is -2.18. The Labute approximate surface area is 81.8 Å². The minimum atomic E-state index is -0.428. The van der Waals surface area contributed by atoms with Gasteiger partial charge in [-0.25, -0.2) is 8.78 Å². The van der Waals surface area contributed by atoms with E-state index in [1.807, 2.05) is 0 Å². The molecule has 0 saturated heterocycles. The van der Waals surface area contributed by atoms with Crippen molar-refractivity contribution in [2.45, 2.75) is 0 Å². The number of anilines is 1. The highest BCUT2D eigenvalue weighted by Gasteiger charge is 2.07. The summed E-state index contributed by atoms with van der Waals surface area (Å²) in [6.45, 7) is 0.587. The Morgan fingerprint density at radius 3 is 2.69 bits per heavy atom. The van der Waals surface area contributed by atoms with Gasteiger partial charge in [-0.15, -0.1) is 0 Å². The second-order valence-electron chi connectivity index (χ2n) is 2.74. The van der Waals surface area contributed by atoms with E-state index in [0.29, 0.717) is 12.3 Å². The van der Waals surface area contributed by atoms with Crippen molar-refractivity contribution in [3.05, 3.63) is 29.8 Å². The summed E-state index contributed by atoms with van der Waals surface area (Å²) in [5, 5.41) is 0. The van der Waals surface area contributed by atoms with Crippen LogP contribution in [0.4, 0.5) is 14.5 Å². The van der Waals surface area contributed by atoms with Gasteiger partial charge in [0.1, 0.15) is 11.6 Å². The molecule has 0 aromatic heterocycles. The van der Waals surface area contributed by atoms with Crippen LogP contribution < -0.4 is 4.90 Å². The van der Waals surface area contributed by atoms with Gasteiger partial charge in [0.05, 0.1) is 5.69 Å². The summed E-state index contributed by atoms with van der Waals surface area (Å²) in [6, 6.07) is 3.41. The first-order valence-corrected chi connectivity index (χ1v) is 4.55. The van der Waals surface area contributed by atoms with Crippen LogP contribution in [0.25, 0.3) is 0 Å². The molecule has 0 atom stereocenters. The number of hydrogen-bond acceptors (Lipinski definition) is 2. The van der Waals surface area contributed by atoms with Gasteiger partial charge in [0, 0.05) is 25.4 Å². The topological polar surface area (TPSA) is 3.24 Å². The van der Waals surface area contributed by atoms with Crippen LogP contribution in [0.2, 0.25) is 0 Å². The summed E-state index contributed by atoms with van der Waals surface area (Å²) in [6.07, 6.45) is 0. The van der Waals surface area contributed by atoms with Crippen LogP contribution in [0.1, 0.15) is 0 Å². The highest BCUT2D eigenvalue weighted by molar-refractivity contribution is 7.80. The van der Waals surface area contributed by atoms with Crippen molar-refractivity contribution in [3.63, 3.8) is 0 Å². The average Bonchev–Trinajstić information content (AvgIpc) is 2.09. The molecular weight excluding hydrogens is 192 g/mol. The van der Waals surface area contributed by atoms with Crippen LogP contribution in [0.3, 0.4) is 0 Å². The van der Waals surface area contributed by atoms with Crippen LogP contribution in [0, 0.1) is 11.6 Å². The van der Waals surface area contributed by atoms with Crippen LogP contribution in [-0.4, -0.2) is 19.3 Å². The van der Waals surface area contributed by atoms with Gasteiger partial charge in [-0.2, -0.15) is 12.6 Å². The summed E-state index contributed by atoms with van der Waals surface area (Å²) >= 11 is 4.01. The molecule has 13 heavy (non-hydrogen) atoms. The maximum Gasteiger partial charge on any atom is 0.146 e. The number of thiol groups is 1. The first-order valence-electron chi connectivity index (χ1n) is 3.92. The fourth-order valence-electron chi connectivity index (χ4n) is 1.05. The fraction of sp³-hybridized carbons (Fsp3) is 0.333. The molecule has 0 amide bonds. The lowest BCUT2D eigenvalue weighted by molar-refractivity contribution is 0.597. The van der Waals surface area contributed by atoms with Crippen LogP contribution >= 0.6 is 12.6 Å². The van der Waals surface area contributed by atoms with Crippen molar-refractivity contribution in [1.82, 2.24) is 0 Å². The summed E-state index contributed by atoms with van der Waals surface area (Å²) in [5.41, 5.74) is 0.272. The lowest BCUT2D eigenvalue weighted by Crippen LogP contribution is -2.20. The van der Waals surface area contributed by atoms with Crippen molar-refractivity contribution in [2.75, 3.05) is 24.2 Å². The molecule has 0 saturated carbocycles. The van der Waals surface area contributed by atoms with Gasteiger partial charge in [-0.05, 0) is 12.1 Å². The van der Waals surface area contributed by atoms with Gasteiger partial charge in [0.25, 0.3) is 0 Å². The second-order valence-corrected chi connectivity index (χ2v) is 3.19. The van der Waals surface area contributed by atoms with E-state index in [2.05, 4.69) is 12.6 Å². The van der Waals surface area contributed by atoms with E-state index < -0.39 is 11.6 Å². The summed E-state index contributed by atoms with van der Waals surface area (Å²) in [7, 11) is 1.70. The first-order chi connectivity index (χ1) is 6.15. The minimum Gasteiger partial charge on any atom is -0.371 e. The van der Waals surface area contributed by atoms with E-state index in [4.69, 9.17) is 0 Å². The Bertz CT molecular complexity index is 291. The zero-order valence-electron chi connectivity index (χ0n) is 7.30. The molecule has 1 rings (SSSR count). The van der Waals surface area contributed by atoms with Crippen LogP contribution in [0.15, 0.2) is 18.2 Å². The number of hydrogen-bond donors (Lipinski definition) is 1. The minimum absolute atomic E-state index is 0.272. The third-order valence-electron chi connectivity index (χ3n) is 1.75. The quantitative estimate of drug-likeness (QED) is 0.738. The molecule has 0 N–H and O–H groups in total. The van der Waals surface area contributed by atoms with E-state index in [9.17, 15) is 8.78 Å². The van der Waals surface area contributed by atoms with Gasteiger partial charge in [-0.1, -0.05) is 0 Å². The molecule has 72 valence electrons. The lowest BCUT2D eigenvalue weighted by atomic mass is 10.3. The molecule has 1 aromatic rings. The Kier molecular flexibility index (Phi) is 3.54. The van der Waals surface area contributed by atoms with E-state index in [1.54, 1.807) is 11.9 Å². The molecule has 1 aromatic carbocycles. The number of rotatable bonds is 3. The highest BCUT2D eigenvalue weighted by atomic mass is 32.1. The Balaban J connectivity index is 2.91. The molecule has 0 aliphatic carbocycles. The molecule has 4 heteroatoms. The van der Waals surface area contributed by atoms with Gasteiger partial charge in [0.15, 0.2) is 0 Å². The molecule has 0 spiro atoms. The largest absolute Gasteiger partial charge is 0.371 e. The average molecular weight is 203 g/mol. The molecule has 1 nitrogen and oxygen atoms in total. The summed E-state index contributed by atoms with van der Waals surface area (Å²) < 4.78 is 25.8. The van der Waals surface area contributed by atoms with E-state index in [-0.39, 0.29) is 5.69 Å². The predicted molar refractivity (Wildman–Crippen MR) is 53.5 cm³/mol. The van der Waals surface area contributed by atoms with Gasteiger partial charge >= 0.3 is 0 Å². The van der Waals surface area contributed by atoms with Gasteiger partial charge < -0.3 is 4.90 Å². The number of nitrogens with zero attached hydrogens (tertiary/aromatic N) is 1. The van der Waals surface area contributed by atoms with E-state index in [1.165, 1.54) is 6.07 Å². The number of halogens is 2. The first kappa shape index (κ1) is 10.3. The molecule has 0 radical (unpaired) electrons. The maximum atomic E-state index is 13.1. The van der Waals surface area contributed by atoms with Crippen molar-refractivity contribution in [3.8, 4) is 0 Å². The molecule has 0 unspecified atom stereocenters. The maximum absolute atomic E-state index is 13.1. The van der Waals surface area contributed by atoms with Crippen molar-refractivity contribution >= 4 is 18.3 Å². The van der Waals surface area contributed by atoms with Crippen LogP contribution in [-0.2, 0) is 0 Å².